The number of aromatic carboxylic acids is 1. The van der Waals surface area contributed by atoms with E-state index in [0.717, 1.165) is 0 Å². The maximum Gasteiger partial charge on any atom is 0.374 e. The molecule has 2 N–H and O–H groups in total. The summed E-state index contributed by atoms with van der Waals surface area (Å²) in [6.07, 6.45) is 1.35. The molecule has 0 fully saturated rings. The number of carboxylic acid groups (broad SMARTS) is 1. The van der Waals surface area contributed by atoms with E-state index in [-0.39, 0.29) is 17.5 Å². The molecule has 0 aliphatic heterocycles. The Hall–Kier alpha value is -2.18. The summed E-state index contributed by atoms with van der Waals surface area (Å²) in [5, 5.41) is 8.61. The van der Waals surface area contributed by atoms with Gasteiger partial charge in [0.25, 0.3) is 6.01 Å². The van der Waals surface area contributed by atoms with E-state index in [1.807, 2.05) is 0 Å². The molecule has 0 radical (unpaired) electrons. The molecule has 0 aliphatic carbocycles. The lowest BCUT2D eigenvalue weighted by Gasteiger charge is -1.89. The summed E-state index contributed by atoms with van der Waals surface area (Å²) in [4.78, 5) is 24.5. The van der Waals surface area contributed by atoms with Crippen LogP contribution in [-0.4, -0.2) is 38.1 Å². The van der Waals surface area contributed by atoms with E-state index in [1.165, 1.54) is 13.3 Å². The van der Waals surface area contributed by atoms with E-state index >= 15 is 0 Å². The highest BCUT2D eigenvalue weighted by atomic mass is 16.5. The number of hydrogen-bond acceptors (Lipinski definition) is 5. The Morgan fingerprint density at radius 3 is 3.00 bits per heavy atom. The van der Waals surface area contributed by atoms with Crippen LogP contribution in [0.25, 0.3) is 11.2 Å². The fraction of sp³-hybridized carbons (Fsp3) is 0.143. The number of ether oxygens (including phenoxy) is 1. The Kier molecular flexibility index (Phi) is 1.77. The van der Waals surface area contributed by atoms with Crippen molar-refractivity contribution in [1.82, 2.24) is 19.9 Å². The van der Waals surface area contributed by atoms with Gasteiger partial charge in [0.05, 0.1) is 13.3 Å². The average molecular weight is 194 g/mol. The minimum atomic E-state index is -1.19. The number of nitrogens with one attached hydrogen (secondary N) is 1. The summed E-state index contributed by atoms with van der Waals surface area (Å²) in [5.74, 6) is -1.47. The van der Waals surface area contributed by atoms with E-state index in [1.54, 1.807) is 0 Å². The number of fused-ring (bicyclic) bond motifs is 1. The molecular formula is C7H6N4O3. The number of rotatable bonds is 2. The van der Waals surface area contributed by atoms with E-state index in [2.05, 4.69) is 19.9 Å². The van der Waals surface area contributed by atoms with E-state index in [4.69, 9.17) is 9.84 Å². The molecule has 2 aromatic heterocycles. The molecule has 7 nitrogen and oxygen atoms in total. The van der Waals surface area contributed by atoms with Gasteiger partial charge in [0.1, 0.15) is 5.52 Å². The molecular weight excluding hydrogens is 188 g/mol. The second kappa shape index (κ2) is 2.95. The molecule has 72 valence electrons. The van der Waals surface area contributed by atoms with Crippen LogP contribution >= 0.6 is 0 Å². The fourth-order valence-corrected chi connectivity index (χ4v) is 0.985. The zero-order valence-electron chi connectivity index (χ0n) is 7.18. The quantitative estimate of drug-likeness (QED) is 0.700. The van der Waals surface area contributed by atoms with Crippen LogP contribution in [-0.2, 0) is 0 Å². The highest BCUT2D eigenvalue weighted by Gasteiger charge is 2.10. The maximum absolute atomic E-state index is 10.5. The van der Waals surface area contributed by atoms with Gasteiger partial charge in [0.15, 0.2) is 5.65 Å². The Bertz CT molecular complexity index is 493. The van der Waals surface area contributed by atoms with Gasteiger partial charge < -0.3 is 14.8 Å². The minimum Gasteiger partial charge on any atom is -0.475 e. The van der Waals surface area contributed by atoms with E-state index in [9.17, 15) is 4.79 Å². The van der Waals surface area contributed by atoms with Gasteiger partial charge in [-0.3, -0.25) is 0 Å². The van der Waals surface area contributed by atoms with E-state index in [0.29, 0.717) is 5.52 Å². The van der Waals surface area contributed by atoms with Crippen molar-refractivity contribution >= 4 is 17.1 Å². The molecule has 0 saturated carbocycles. The van der Waals surface area contributed by atoms with Crippen LogP contribution in [0.1, 0.15) is 10.6 Å². The Morgan fingerprint density at radius 2 is 2.36 bits per heavy atom. The first-order chi connectivity index (χ1) is 6.70. The predicted molar refractivity (Wildman–Crippen MR) is 45.2 cm³/mol. The lowest BCUT2D eigenvalue weighted by molar-refractivity contribution is 0.0684. The number of nitrogens with zero attached hydrogens (tertiary/aromatic N) is 3. The van der Waals surface area contributed by atoms with Crippen LogP contribution in [0.15, 0.2) is 6.20 Å². The SMILES string of the molecule is COc1nc2nc(C(=O)O)ncc2[nH]1. The van der Waals surface area contributed by atoms with Gasteiger partial charge in [-0.25, -0.2) is 14.8 Å². The summed E-state index contributed by atoms with van der Waals surface area (Å²) < 4.78 is 4.82. The number of H-pyrrole nitrogens is 1. The summed E-state index contributed by atoms with van der Waals surface area (Å²) in [6, 6.07) is 0.275. The standard InChI is InChI=1S/C7H6N4O3/c1-14-7-9-3-2-8-5(6(12)13)10-4(3)11-7/h2H,1H3,(H,12,13)(H,8,9,10,11). The van der Waals surface area contributed by atoms with Gasteiger partial charge >= 0.3 is 5.97 Å². The first-order valence-corrected chi connectivity index (χ1v) is 3.71. The maximum atomic E-state index is 10.5. The third kappa shape index (κ3) is 1.24. The molecule has 14 heavy (non-hydrogen) atoms. The molecule has 0 aliphatic rings. The largest absolute Gasteiger partial charge is 0.475 e. The number of carbonyl (C=O) groups is 1. The van der Waals surface area contributed by atoms with Crippen molar-refractivity contribution in [2.75, 3.05) is 7.11 Å². The van der Waals surface area contributed by atoms with Crippen LogP contribution in [0, 0.1) is 0 Å². The van der Waals surface area contributed by atoms with Crippen LogP contribution in [0.2, 0.25) is 0 Å². The number of aromatic nitrogens is 4. The van der Waals surface area contributed by atoms with Crippen molar-refractivity contribution in [3.05, 3.63) is 12.0 Å². The third-order valence-corrected chi connectivity index (χ3v) is 1.60. The molecule has 0 saturated heterocycles. The van der Waals surface area contributed by atoms with Crippen LogP contribution in [0.3, 0.4) is 0 Å². The van der Waals surface area contributed by atoms with Crippen molar-refractivity contribution in [2.24, 2.45) is 0 Å². The van der Waals surface area contributed by atoms with Gasteiger partial charge in [-0.05, 0) is 0 Å². The first-order valence-electron chi connectivity index (χ1n) is 3.71. The predicted octanol–water partition coefficient (Wildman–Crippen LogP) is 0.0597. The highest BCUT2D eigenvalue weighted by molar-refractivity contribution is 5.85. The Morgan fingerprint density at radius 1 is 1.57 bits per heavy atom. The second-order valence-electron chi connectivity index (χ2n) is 2.48. The zero-order valence-corrected chi connectivity index (χ0v) is 7.18. The van der Waals surface area contributed by atoms with Crippen molar-refractivity contribution in [1.29, 1.82) is 0 Å². The highest BCUT2D eigenvalue weighted by Crippen LogP contribution is 2.11. The topological polar surface area (TPSA) is 101 Å². The molecule has 0 unspecified atom stereocenters. The Balaban J connectivity index is 2.59. The monoisotopic (exact) mass is 194 g/mol. The number of carboxylic acids is 1. The molecule has 0 bridgehead atoms. The molecule has 7 heteroatoms. The summed E-state index contributed by atoms with van der Waals surface area (Å²) in [6.45, 7) is 0. The smallest absolute Gasteiger partial charge is 0.374 e. The number of imidazole rings is 1. The molecule has 0 atom stereocenters. The van der Waals surface area contributed by atoms with Gasteiger partial charge in [0, 0.05) is 0 Å². The lowest BCUT2D eigenvalue weighted by Crippen LogP contribution is -2.03. The summed E-state index contributed by atoms with van der Waals surface area (Å²) >= 11 is 0. The van der Waals surface area contributed by atoms with Crippen LogP contribution < -0.4 is 4.74 Å². The van der Waals surface area contributed by atoms with Crippen molar-refractivity contribution in [3.63, 3.8) is 0 Å². The molecule has 2 heterocycles. The molecule has 0 spiro atoms. The molecule has 2 rings (SSSR count). The summed E-state index contributed by atoms with van der Waals surface area (Å²) in [5.41, 5.74) is 0.807. The van der Waals surface area contributed by atoms with Crippen LogP contribution in [0.4, 0.5) is 0 Å². The third-order valence-electron chi connectivity index (χ3n) is 1.60. The normalized spacial score (nSPS) is 10.4. The average Bonchev–Trinajstić information content (AvgIpc) is 2.58. The molecule has 0 amide bonds. The van der Waals surface area contributed by atoms with Crippen molar-refractivity contribution in [3.8, 4) is 6.01 Å². The molecule has 2 aromatic rings. The number of methoxy groups -OCH3 is 1. The van der Waals surface area contributed by atoms with Gasteiger partial charge in [-0.15, -0.1) is 0 Å². The number of hydrogen-bond donors (Lipinski definition) is 2. The lowest BCUT2D eigenvalue weighted by atomic mass is 10.5. The first kappa shape index (κ1) is 8.42. The summed E-state index contributed by atoms with van der Waals surface area (Å²) in [7, 11) is 1.45. The van der Waals surface area contributed by atoms with E-state index < -0.39 is 5.97 Å². The fourth-order valence-electron chi connectivity index (χ4n) is 0.985. The van der Waals surface area contributed by atoms with Crippen LogP contribution in [0.5, 0.6) is 6.01 Å². The van der Waals surface area contributed by atoms with Crippen molar-refractivity contribution < 1.29 is 14.6 Å². The number of aromatic amines is 1. The zero-order chi connectivity index (χ0) is 10.1. The molecule has 0 aromatic carbocycles. The second-order valence-corrected chi connectivity index (χ2v) is 2.48. The van der Waals surface area contributed by atoms with Gasteiger partial charge in [0.2, 0.25) is 5.82 Å². The van der Waals surface area contributed by atoms with Gasteiger partial charge in [-0.2, -0.15) is 4.98 Å². The minimum absolute atomic E-state index is 0.272. The van der Waals surface area contributed by atoms with Crippen molar-refractivity contribution in [2.45, 2.75) is 0 Å². The van der Waals surface area contributed by atoms with Gasteiger partial charge in [-0.1, -0.05) is 0 Å². The Labute approximate surface area is 77.8 Å².